The SMILES string of the molecule is CCCNC(=O)c1cccc(NC(=S)NC(=O)CCC(=O)OCC)c1. The molecule has 0 fully saturated rings. The lowest BCUT2D eigenvalue weighted by atomic mass is 10.2. The molecule has 136 valence electrons. The van der Waals surface area contributed by atoms with E-state index in [0.717, 1.165) is 6.42 Å². The van der Waals surface area contributed by atoms with E-state index in [1.54, 1.807) is 31.2 Å². The predicted molar refractivity (Wildman–Crippen MR) is 99.3 cm³/mol. The third kappa shape index (κ3) is 8.25. The molecule has 0 bridgehead atoms. The summed E-state index contributed by atoms with van der Waals surface area (Å²) in [6.45, 7) is 4.56. The zero-order valence-electron chi connectivity index (χ0n) is 14.4. The Balaban J connectivity index is 2.50. The van der Waals surface area contributed by atoms with Crippen LogP contribution in [-0.2, 0) is 14.3 Å². The number of ether oxygens (including phenoxy) is 1. The van der Waals surface area contributed by atoms with Gasteiger partial charge in [-0.2, -0.15) is 0 Å². The second kappa shape index (κ2) is 11.1. The minimum Gasteiger partial charge on any atom is -0.466 e. The molecule has 0 saturated heterocycles. The number of rotatable bonds is 8. The van der Waals surface area contributed by atoms with Gasteiger partial charge in [-0.05, 0) is 43.8 Å². The molecule has 0 saturated carbocycles. The zero-order chi connectivity index (χ0) is 18.7. The fourth-order valence-electron chi connectivity index (χ4n) is 1.88. The van der Waals surface area contributed by atoms with E-state index in [0.29, 0.717) is 17.8 Å². The Morgan fingerprint density at radius 1 is 1.16 bits per heavy atom. The van der Waals surface area contributed by atoms with Crippen LogP contribution in [0.4, 0.5) is 5.69 Å². The van der Waals surface area contributed by atoms with E-state index in [1.807, 2.05) is 6.92 Å². The highest BCUT2D eigenvalue weighted by Crippen LogP contribution is 2.10. The summed E-state index contributed by atoms with van der Waals surface area (Å²) in [7, 11) is 0. The van der Waals surface area contributed by atoms with E-state index in [-0.39, 0.29) is 36.4 Å². The molecule has 0 aliphatic heterocycles. The number of anilines is 1. The highest BCUT2D eigenvalue weighted by atomic mass is 32.1. The fourth-order valence-corrected chi connectivity index (χ4v) is 2.11. The van der Waals surface area contributed by atoms with Gasteiger partial charge in [0.15, 0.2) is 5.11 Å². The van der Waals surface area contributed by atoms with E-state index in [1.165, 1.54) is 0 Å². The van der Waals surface area contributed by atoms with Crippen molar-refractivity contribution in [1.82, 2.24) is 10.6 Å². The van der Waals surface area contributed by atoms with Crippen molar-refractivity contribution in [3.05, 3.63) is 29.8 Å². The van der Waals surface area contributed by atoms with E-state index >= 15 is 0 Å². The van der Waals surface area contributed by atoms with Crippen LogP contribution in [0.15, 0.2) is 24.3 Å². The average molecular weight is 365 g/mol. The van der Waals surface area contributed by atoms with Gasteiger partial charge in [0, 0.05) is 24.2 Å². The lowest BCUT2D eigenvalue weighted by molar-refractivity contribution is -0.144. The summed E-state index contributed by atoms with van der Waals surface area (Å²) in [5.41, 5.74) is 1.08. The molecule has 0 radical (unpaired) electrons. The van der Waals surface area contributed by atoms with Gasteiger partial charge in [0.2, 0.25) is 5.91 Å². The van der Waals surface area contributed by atoms with Gasteiger partial charge < -0.3 is 20.7 Å². The molecule has 0 aliphatic rings. The number of thiocarbonyl (C=S) groups is 1. The molecule has 0 aromatic heterocycles. The first-order chi connectivity index (χ1) is 12.0. The van der Waals surface area contributed by atoms with E-state index in [9.17, 15) is 14.4 Å². The highest BCUT2D eigenvalue weighted by molar-refractivity contribution is 7.80. The average Bonchev–Trinajstić information content (AvgIpc) is 2.58. The summed E-state index contributed by atoms with van der Waals surface area (Å²) in [5.74, 6) is -0.986. The fraction of sp³-hybridized carbons (Fsp3) is 0.412. The molecule has 0 atom stereocenters. The van der Waals surface area contributed by atoms with E-state index < -0.39 is 5.97 Å². The minimum atomic E-state index is -0.428. The van der Waals surface area contributed by atoms with Gasteiger partial charge >= 0.3 is 5.97 Å². The Labute approximate surface area is 152 Å². The first kappa shape index (κ1) is 20.6. The molecule has 2 amide bonds. The van der Waals surface area contributed by atoms with Crippen molar-refractivity contribution in [2.75, 3.05) is 18.5 Å². The highest BCUT2D eigenvalue weighted by Gasteiger charge is 2.10. The third-order valence-electron chi connectivity index (χ3n) is 3.03. The molecule has 0 spiro atoms. The second-order valence-electron chi connectivity index (χ2n) is 5.14. The Morgan fingerprint density at radius 3 is 2.60 bits per heavy atom. The van der Waals surface area contributed by atoms with Crippen LogP contribution in [0, 0.1) is 0 Å². The van der Waals surface area contributed by atoms with Gasteiger partial charge in [0.05, 0.1) is 13.0 Å². The number of benzene rings is 1. The van der Waals surface area contributed by atoms with Crippen molar-refractivity contribution in [3.63, 3.8) is 0 Å². The summed E-state index contributed by atoms with van der Waals surface area (Å²) < 4.78 is 4.75. The van der Waals surface area contributed by atoms with Crippen LogP contribution in [0.1, 0.15) is 43.5 Å². The standard InChI is InChI=1S/C17H23N3O4S/c1-3-10-18-16(23)12-6-5-7-13(11-12)19-17(25)20-14(21)8-9-15(22)24-4-2/h5-7,11H,3-4,8-10H2,1-2H3,(H,18,23)(H2,19,20,21,25). The molecule has 1 rings (SSSR count). The monoisotopic (exact) mass is 365 g/mol. The van der Waals surface area contributed by atoms with Crippen molar-refractivity contribution < 1.29 is 19.1 Å². The number of amides is 2. The summed E-state index contributed by atoms with van der Waals surface area (Å²) in [5, 5.41) is 8.21. The number of hydrogen-bond acceptors (Lipinski definition) is 5. The quantitative estimate of drug-likeness (QED) is 0.481. The lowest BCUT2D eigenvalue weighted by Crippen LogP contribution is -2.34. The maximum Gasteiger partial charge on any atom is 0.306 e. The van der Waals surface area contributed by atoms with Crippen molar-refractivity contribution in [2.45, 2.75) is 33.1 Å². The first-order valence-corrected chi connectivity index (χ1v) is 8.51. The summed E-state index contributed by atoms with van der Waals surface area (Å²) in [6.07, 6.45) is 0.834. The van der Waals surface area contributed by atoms with Crippen molar-refractivity contribution in [1.29, 1.82) is 0 Å². The molecule has 7 nitrogen and oxygen atoms in total. The van der Waals surface area contributed by atoms with Crippen LogP contribution in [0.25, 0.3) is 0 Å². The van der Waals surface area contributed by atoms with E-state index in [4.69, 9.17) is 17.0 Å². The largest absolute Gasteiger partial charge is 0.466 e. The molecule has 3 N–H and O–H groups in total. The van der Waals surface area contributed by atoms with Gasteiger partial charge in [0.1, 0.15) is 0 Å². The molecular weight excluding hydrogens is 342 g/mol. The van der Waals surface area contributed by atoms with Gasteiger partial charge in [-0.25, -0.2) is 0 Å². The molecule has 1 aromatic carbocycles. The summed E-state index contributed by atoms with van der Waals surface area (Å²) in [6, 6.07) is 6.78. The Morgan fingerprint density at radius 2 is 1.92 bits per heavy atom. The Bertz CT molecular complexity index is 634. The smallest absolute Gasteiger partial charge is 0.306 e. The molecule has 8 heteroatoms. The second-order valence-corrected chi connectivity index (χ2v) is 5.55. The number of nitrogens with one attached hydrogen (secondary N) is 3. The van der Waals surface area contributed by atoms with Gasteiger partial charge in [-0.15, -0.1) is 0 Å². The molecule has 0 unspecified atom stereocenters. The Hall–Kier alpha value is -2.48. The summed E-state index contributed by atoms with van der Waals surface area (Å²) in [4.78, 5) is 34.9. The molecule has 1 aromatic rings. The van der Waals surface area contributed by atoms with Crippen LogP contribution in [-0.4, -0.2) is 36.0 Å². The summed E-state index contributed by atoms with van der Waals surface area (Å²) >= 11 is 5.06. The van der Waals surface area contributed by atoms with Crippen LogP contribution in [0.2, 0.25) is 0 Å². The van der Waals surface area contributed by atoms with E-state index in [2.05, 4.69) is 16.0 Å². The van der Waals surface area contributed by atoms with Crippen molar-refractivity contribution in [3.8, 4) is 0 Å². The van der Waals surface area contributed by atoms with Crippen LogP contribution in [0.5, 0.6) is 0 Å². The maximum atomic E-state index is 11.9. The van der Waals surface area contributed by atoms with Crippen LogP contribution in [0.3, 0.4) is 0 Å². The van der Waals surface area contributed by atoms with Crippen LogP contribution < -0.4 is 16.0 Å². The van der Waals surface area contributed by atoms with Gasteiger partial charge in [-0.3, -0.25) is 14.4 Å². The lowest BCUT2D eigenvalue weighted by Gasteiger charge is -2.11. The minimum absolute atomic E-state index is 0.00459. The predicted octanol–water partition coefficient (Wildman–Crippen LogP) is 1.98. The van der Waals surface area contributed by atoms with Crippen molar-refractivity contribution in [2.24, 2.45) is 0 Å². The first-order valence-electron chi connectivity index (χ1n) is 8.11. The number of carbonyl (C=O) groups excluding carboxylic acids is 3. The van der Waals surface area contributed by atoms with Crippen LogP contribution >= 0.6 is 12.2 Å². The molecule has 25 heavy (non-hydrogen) atoms. The molecule has 0 aliphatic carbocycles. The molecule has 0 heterocycles. The molecular formula is C17H23N3O4S. The zero-order valence-corrected chi connectivity index (χ0v) is 15.2. The van der Waals surface area contributed by atoms with Crippen molar-refractivity contribution >= 4 is 40.8 Å². The topological polar surface area (TPSA) is 96.5 Å². The number of hydrogen-bond donors (Lipinski definition) is 3. The third-order valence-corrected chi connectivity index (χ3v) is 3.24. The number of carbonyl (C=O) groups is 3. The van der Waals surface area contributed by atoms with Gasteiger partial charge in [0.25, 0.3) is 5.91 Å². The number of esters is 1. The normalized spacial score (nSPS) is 9.84. The Kier molecular flexibility index (Phi) is 9.16. The maximum absolute atomic E-state index is 11.9. The van der Waals surface area contributed by atoms with Gasteiger partial charge in [-0.1, -0.05) is 13.0 Å².